The molecule has 0 aromatic heterocycles. The number of carbonyl (C=O) groups excluding carboxylic acids is 1. The van der Waals surface area contributed by atoms with Crippen molar-refractivity contribution in [1.82, 2.24) is 15.1 Å². The monoisotopic (exact) mass is 265 g/mol. The van der Waals surface area contributed by atoms with E-state index in [0.29, 0.717) is 17.6 Å². The van der Waals surface area contributed by atoms with Crippen LogP contribution in [0.25, 0.3) is 0 Å². The highest BCUT2D eigenvalue weighted by atomic mass is 32.2. The Kier molecular flexibility index (Phi) is 3.61. The molecule has 2 saturated heterocycles. The number of carbonyl (C=O) groups is 1. The maximum Gasteiger partial charge on any atom is 0.224 e. The van der Waals surface area contributed by atoms with E-state index >= 15 is 0 Å². The first kappa shape index (κ1) is 12.1. The summed E-state index contributed by atoms with van der Waals surface area (Å²) in [5.74, 6) is 1.30. The molecule has 3 aliphatic rings. The maximum absolute atomic E-state index is 12.2. The SMILES string of the molecule is O=C(CC1SCN2C=CCC=C12)N1CCNCC1. The molecule has 0 radical (unpaired) electrons. The number of thioether (sulfide) groups is 1. The average Bonchev–Trinajstić information content (AvgIpc) is 2.83. The van der Waals surface area contributed by atoms with E-state index in [1.165, 1.54) is 5.70 Å². The van der Waals surface area contributed by atoms with Crippen molar-refractivity contribution in [2.75, 3.05) is 32.1 Å². The summed E-state index contributed by atoms with van der Waals surface area (Å²) >= 11 is 1.88. The van der Waals surface area contributed by atoms with Gasteiger partial charge in [0.05, 0.1) is 11.1 Å². The first-order valence-electron chi connectivity index (χ1n) is 6.58. The molecule has 1 N–H and O–H groups in total. The number of hydrogen-bond donors (Lipinski definition) is 1. The first-order chi connectivity index (χ1) is 8.84. The summed E-state index contributed by atoms with van der Waals surface area (Å²) in [6.45, 7) is 3.58. The molecule has 1 amide bonds. The summed E-state index contributed by atoms with van der Waals surface area (Å²) in [4.78, 5) is 16.5. The Morgan fingerprint density at radius 1 is 1.44 bits per heavy atom. The standard InChI is InChI=1S/C13H19N3OS/c17-13(15-7-4-14-5-8-15)9-12-11-3-1-2-6-16(11)10-18-12/h2-3,6,12,14H,1,4-5,7-10H2. The van der Waals surface area contributed by atoms with E-state index in [1.807, 2.05) is 16.7 Å². The Morgan fingerprint density at radius 3 is 3.11 bits per heavy atom. The zero-order chi connectivity index (χ0) is 12.4. The maximum atomic E-state index is 12.2. The summed E-state index contributed by atoms with van der Waals surface area (Å²) in [6, 6.07) is 0. The van der Waals surface area contributed by atoms with Crippen molar-refractivity contribution in [3.05, 3.63) is 24.0 Å². The van der Waals surface area contributed by atoms with E-state index in [1.54, 1.807) is 0 Å². The van der Waals surface area contributed by atoms with Gasteiger partial charge >= 0.3 is 0 Å². The van der Waals surface area contributed by atoms with Crippen molar-refractivity contribution in [1.29, 1.82) is 0 Å². The molecule has 0 spiro atoms. The van der Waals surface area contributed by atoms with Gasteiger partial charge in [-0.25, -0.2) is 0 Å². The molecule has 3 rings (SSSR count). The van der Waals surface area contributed by atoms with Crippen molar-refractivity contribution >= 4 is 17.7 Å². The van der Waals surface area contributed by atoms with Gasteiger partial charge in [0, 0.05) is 44.5 Å². The molecule has 3 heterocycles. The third-order valence-corrected chi connectivity index (χ3v) is 4.89. The zero-order valence-electron chi connectivity index (χ0n) is 10.5. The molecule has 4 nitrogen and oxygen atoms in total. The lowest BCUT2D eigenvalue weighted by Crippen LogP contribution is -2.47. The highest BCUT2D eigenvalue weighted by molar-refractivity contribution is 8.00. The van der Waals surface area contributed by atoms with Crippen molar-refractivity contribution in [3.63, 3.8) is 0 Å². The second kappa shape index (κ2) is 5.36. The van der Waals surface area contributed by atoms with Crippen LogP contribution in [0.1, 0.15) is 12.8 Å². The van der Waals surface area contributed by atoms with Gasteiger partial charge in [0.1, 0.15) is 0 Å². The topological polar surface area (TPSA) is 35.6 Å². The fourth-order valence-corrected chi connectivity index (χ4v) is 3.87. The molecule has 98 valence electrons. The second-order valence-electron chi connectivity index (χ2n) is 4.84. The lowest BCUT2D eigenvalue weighted by atomic mass is 10.1. The Balaban J connectivity index is 1.59. The van der Waals surface area contributed by atoms with Crippen LogP contribution in [0.2, 0.25) is 0 Å². The number of amides is 1. The number of fused-ring (bicyclic) bond motifs is 1. The van der Waals surface area contributed by atoms with Gasteiger partial charge in [0.15, 0.2) is 0 Å². The average molecular weight is 265 g/mol. The summed E-state index contributed by atoms with van der Waals surface area (Å²) in [5.41, 5.74) is 1.34. The van der Waals surface area contributed by atoms with E-state index in [9.17, 15) is 4.79 Å². The van der Waals surface area contributed by atoms with E-state index in [0.717, 1.165) is 38.5 Å². The van der Waals surface area contributed by atoms with Crippen LogP contribution in [-0.2, 0) is 4.79 Å². The van der Waals surface area contributed by atoms with E-state index < -0.39 is 0 Å². The van der Waals surface area contributed by atoms with Crippen molar-refractivity contribution < 1.29 is 4.79 Å². The van der Waals surface area contributed by atoms with Crippen LogP contribution >= 0.6 is 11.8 Å². The quantitative estimate of drug-likeness (QED) is 0.807. The molecule has 3 aliphatic heterocycles. The first-order valence-corrected chi connectivity index (χ1v) is 7.63. The van der Waals surface area contributed by atoms with Crippen LogP contribution in [0.15, 0.2) is 24.0 Å². The summed E-state index contributed by atoms with van der Waals surface area (Å²) in [5, 5.41) is 3.64. The van der Waals surface area contributed by atoms with Gasteiger partial charge in [-0.3, -0.25) is 4.79 Å². The van der Waals surface area contributed by atoms with Gasteiger partial charge in [0.2, 0.25) is 5.91 Å². The molecule has 1 atom stereocenters. The minimum atomic E-state index is 0.311. The predicted molar refractivity (Wildman–Crippen MR) is 74.0 cm³/mol. The molecule has 18 heavy (non-hydrogen) atoms. The third-order valence-electron chi connectivity index (χ3n) is 3.65. The highest BCUT2D eigenvalue weighted by Gasteiger charge is 2.31. The highest BCUT2D eigenvalue weighted by Crippen LogP contribution is 2.36. The van der Waals surface area contributed by atoms with Crippen LogP contribution < -0.4 is 5.32 Å². The van der Waals surface area contributed by atoms with Gasteiger partial charge in [-0.1, -0.05) is 12.2 Å². The Labute approximate surface area is 112 Å². The number of allylic oxidation sites excluding steroid dienone is 2. The summed E-state index contributed by atoms with van der Waals surface area (Å²) in [6.07, 6.45) is 8.24. The lowest BCUT2D eigenvalue weighted by Gasteiger charge is -2.28. The number of rotatable bonds is 2. The van der Waals surface area contributed by atoms with Gasteiger partial charge in [-0.15, -0.1) is 11.8 Å². The van der Waals surface area contributed by atoms with E-state index in [4.69, 9.17) is 0 Å². The minimum Gasteiger partial charge on any atom is -0.341 e. The Bertz CT molecular complexity index is 388. The molecule has 0 aromatic carbocycles. The molecule has 5 heteroatoms. The molecule has 2 fully saturated rings. The third kappa shape index (κ3) is 2.42. The van der Waals surface area contributed by atoms with Gasteiger partial charge in [0.25, 0.3) is 0 Å². The van der Waals surface area contributed by atoms with Gasteiger partial charge in [-0.2, -0.15) is 0 Å². The zero-order valence-corrected chi connectivity index (χ0v) is 11.3. The van der Waals surface area contributed by atoms with Crippen LogP contribution in [0.4, 0.5) is 0 Å². The lowest BCUT2D eigenvalue weighted by molar-refractivity contribution is -0.131. The molecule has 0 bridgehead atoms. The number of nitrogens with one attached hydrogen (secondary N) is 1. The molecule has 1 unspecified atom stereocenters. The Hall–Kier alpha value is -0.940. The minimum absolute atomic E-state index is 0.311. The molecule has 0 aliphatic carbocycles. The van der Waals surface area contributed by atoms with Gasteiger partial charge in [-0.05, 0) is 6.42 Å². The Morgan fingerprint density at radius 2 is 2.28 bits per heavy atom. The van der Waals surface area contributed by atoms with Crippen LogP contribution in [-0.4, -0.2) is 53.0 Å². The number of nitrogens with zero attached hydrogens (tertiary/aromatic N) is 2. The van der Waals surface area contributed by atoms with Crippen molar-refractivity contribution in [2.24, 2.45) is 0 Å². The molecular weight excluding hydrogens is 246 g/mol. The van der Waals surface area contributed by atoms with Crippen molar-refractivity contribution in [3.8, 4) is 0 Å². The fraction of sp³-hybridized carbons (Fsp3) is 0.615. The fourth-order valence-electron chi connectivity index (χ4n) is 2.64. The van der Waals surface area contributed by atoms with E-state index in [2.05, 4.69) is 28.6 Å². The van der Waals surface area contributed by atoms with Crippen LogP contribution in [0.5, 0.6) is 0 Å². The summed E-state index contributed by atoms with van der Waals surface area (Å²) in [7, 11) is 0. The number of hydrogen-bond acceptors (Lipinski definition) is 4. The van der Waals surface area contributed by atoms with Gasteiger partial charge < -0.3 is 15.1 Å². The largest absolute Gasteiger partial charge is 0.341 e. The summed E-state index contributed by atoms with van der Waals surface area (Å²) < 4.78 is 0. The normalized spacial score (nSPS) is 27.1. The number of piperazine rings is 1. The predicted octanol–water partition coefficient (Wildman–Crippen LogP) is 0.984. The van der Waals surface area contributed by atoms with Crippen molar-refractivity contribution in [2.45, 2.75) is 18.1 Å². The molecule has 0 saturated carbocycles. The van der Waals surface area contributed by atoms with E-state index in [-0.39, 0.29) is 0 Å². The van der Waals surface area contributed by atoms with Crippen LogP contribution in [0, 0.1) is 0 Å². The molecule has 0 aromatic rings. The smallest absolute Gasteiger partial charge is 0.224 e. The molecular formula is C13H19N3OS. The van der Waals surface area contributed by atoms with Crippen LogP contribution in [0.3, 0.4) is 0 Å². The second-order valence-corrected chi connectivity index (χ2v) is 6.00.